The third-order valence-corrected chi connectivity index (χ3v) is 4.59. The van der Waals surface area contributed by atoms with Crippen molar-refractivity contribution in [2.45, 2.75) is 26.3 Å². The van der Waals surface area contributed by atoms with Crippen molar-refractivity contribution in [2.24, 2.45) is 0 Å². The standard InChI is InChI=1S/C19H21N5O/c1-14-11-18-21-12-16-13-23(10-8-17(16)24(18)22-14)19(25)20-9-7-15-5-3-2-4-6-15/h2-6,11-12H,7-10,13H2,1H3,(H,20,25). The molecule has 0 fully saturated rings. The lowest BCUT2D eigenvalue weighted by molar-refractivity contribution is 0.191. The Morgan fingerprint density at radius 3 is 2.96 bits per heavy atom. The van der Waals surface area contributed by atoms with E-state index in [0.717, 1.165) is 35.4 Å². The largest absolute Gasteiger partial charge is 0.338 e. The third-order valence-electron chi connectivity index (χ3n) is 4.59. The molecule has 0 aliphatic carbocycles. The van der Waals surface area contributed by atoms with Crippen LogP contribution in [-0.2, 0) is 19.4 Å². The van der Waals surface area contributed by atoms with Gasteiger partial charge in [0.05, 0.1) is 17.9 Å². The van der Waals surface area contributed by atoms with E-state index in [9.17, 15) is 4.79 Å². The van der Waals surface area contributed by atoms with Crippen molar-refractivity contribution in [3.05, 3.63) is 65.1 Å². The SMILES string of the molecule is Cc1cc2ncc3c(n2n1)CCN(C(=O)NCCc1ccccc1)C3. The van der Waals surface area contributed by atoms with Gasteiger partial charge in [0, 0.05) is 37.3 Å². The topological polar surface area (TPSA) is 62.5 Å². The van der Waals surface area contributed by atoms with E-state index in [1.165, 1.54) is 5.56 Å². The number of amides is 2. The zero-order valence-corrected chi connectivity index (χ0v) is 14.3. The summed E-state index contributed by atoms with van der Waals surface area (Å²) in [6.07, 6.45) is 3.50. The van der Waals surface area contributed by atoms with Crippen molar-refractivity contribution in [3.63, 3.8) is 0 Å². The second-order valence-corrected chi connectivity index (χ2v) is 6.42. The molecule has 1 aromatic carbocycles. The number of nitrogens with zero attached hydrogens (tertiary/aromatic N) is 4. The Morgan fingerprint density at radius 2 is 2.12 bits per heavy atom. The maximum Gasteiger partial charge on any atom is 0.317 e. The normalized spacial score (nSPS) is 13.7. The molecular weight excluding hydrogens is 314 g/mol. The Kier molecular flexibility index (Phi) is 4.09. The molecule has 25 heavy (non-hydrogen) atoms. The fourth-order valence-electron chi connectivity index (χ4n) is 3.30. The smallest absolute Gasteiger partial charge is 0.317 e. The summed E-state index contributed by atoms with van der Waals surface area (Å²) in [7, 11) is 0. The van der Waals surface area contributed by atoms with Crippen molar-refractivity contribution >= 4 is 11.7 Å². The number of hydrogen-bond acceptors (Lipinski definition) is 3. The van der Waals surface area contributed by atoms with Gasteiger partial charge in [-0.05, 0) is 18.9 Å². The molecule has 0 atom stereocenters. The predicted octanol–water partition coefficient (Wildman–Crippen LogP) is 2.35. The molecule has 1 aliphatic rings. The molecule has 3 aromatic rings. The number of carbonyl (C=O) groups excluding carboxylic acids is 1. The summed E-state index contributed by atoms with van der Waals surface area (Å²) >= 11 is 0. The molecule has 0 spiro atoms. The minimum Gasteiger partial charge on any atom is -0.338 e. The third kappa shape index (κ3) is 3.20. The Hall–Kier alpha value is -2.89. The van der Waals surface area contributed by atoms with Crippen molar-refractivity contribution in [1.29, 1.82) is 0 Å². The molecule has 2 amide bonds. The minimum atomic E-state index is -0.0154. The summed E-state index contributed by atoms with van der Waals surface area (Å²) in [6, 6.07) is 12.1. The van der Waals surface area contributed by atoms with Gasteiger partial charge in [-0.1, -0.05) is 30.3 Å². The number of nitrogens with one attached hydrogen (secondary N) is 1. The lowest BCUT2D eigenvalue weighted by atomic mass is 10.1. The summed E-state index contributed by atoms with van der Waals surface area (Å²) in [6.45, 7) is 3.88. The zero-order chi connectivity index (χ0) is 17.2. The molecule has 0 saturated carbocycles. The van der Waals surface area contributed by atoms with E-state index in [0.29, 0.717) is 19.6 Å². The van der Waals surface area contributed by atoms with Crippen LogP contribution >= 0.6 is 0 Å². The van der Waals surface area contributed by atoms with Gasteiger partial charge in [-0.2, -0.15) is 5.10 Å². The molecule has 0 saturated heterocycles. The van der Waals surface area contributed by atoms with Crippen LogP contribution in [0.3, 0.4) is 0 Å². The van der Waals surface area contributed by atoms with Crippen molar-refractivity contribution in [3.8, 4) is 0 Å². The average molecular weight is 335 g/mol. The molecule has 1 N–H and O–H groups in total. The first-order valence-corrected chi connectivity index (χ1v) is 8.60. The van der Waals surface area contributed by atoms with Gasteiger partial charge in [-0.15, -0.1) is 0 Å². The minimum absolute atomic E-state index is 0.0154. The van der Waals surface area contributed by atoms with E-state index in [2.05, 4.69) is 27.5 Å². The molecule has 128 valence electrons. The second-order valence-electron chi connectivity index (χ2n) is 6.42. The monoisotopic (exact) mass is 335 g/mol. The maximum absolute atomic E-state index is 12.4. The van der Waals surface area contributed by atoms with Crippen LogP contribution in [0, 0.1) is 6.92 Å². The first-order valence-electron chi connectivity index (χ1n) is 8.60. The Balaban J connectivity index is 1.40. The highest BCUT2D eigenvalue weighted by Crippen LogP contribution is 2.19. The van der Waals surface area contributed by atoms with Crippen LogP contribution < -0.4 is 5.32 Å². The van der Waals surface area contributed by atoms with Gasteiger partial charge in [-0.3, -0.25) is 0 Å². The molecule has 0 unspecified atom stereocenters. The van der Waals surface area contributed by atoms with E-state index >= 15 is 0 Å². The first kappa shape index (κ1) is 15.6. The lowest BCUT2D eigenvalue weighted by Gasteiger charge is -2.28. The number of aryl methyl sites for hydroxylation is 1. The number of hydrogen-bond donors (Lipinski definition) is 1. The molecule has 1 aliphatic heterocycles. The van der Waals surface area contributed by atoms with Crippen molar-refractivity contribution < 1.29 is 4.79 Å². The fourth-order valence-corrected chi connectivity index (χ4v) is 3.30. The van der Waals surface area contributed by atoms with Crippen LogP contribution in [0.15, 0.2) is 42.6 Å². The number of urea groups is 1. The molecule has 3 heterocycles. The highest BCUT2D eigenvalue weighted by molar-refractivity contribution is 5.74. The van der Waals surface area contributed by atoms with E-state index in [1.807, 2.05) is 46.8 Å². The number of benzene rings is 1. The maximum atomic E-state index is 12.4. The predicted molar refractivity (Wildman–Crippen MR) is 95.4 cm³/mol. The average Bonchev–Trinajstić information content (AvgIpc) is 3.02. The number of fused-ring (bicyclic) bond motifs is 3. The quantitative estimate of drug-likeness (QED) is 0.799. The summed E-state index contributed by atoms with van der Waals surface area (Å²) in [5, 5.41) is 7.53. The van der Waals surface area contributed by atoms with Gasteiger partial charge in [0.15, 0.2) is 5.65 Å². The molecular formula is C19H21N5O. The molecule has 0 radical (unpaired) electrons. The summed E-state index contributed by atoms with van der Waals surface area (Å²) in [4.78, 5) is 18.7. The summed E-state index contributed by atoms with van der Waals surface area (Å²) < 4.78 is 1.91. The summed E-state index contributed by atoms with van der Waals surface area (Å²) in [5.74, 6) is 0. The van der Waals surface area contributed by atoms with Crippen LogP contribution in [0.25, 0.3) is 5.65 Å². The van der Waals surface area contributed by atoms with Crippen LogP contribution in [0.5, 0.6) is 0 Å². The van der Waals surface area contributed by atoms with Gasteiger partial charge in [0.25, 0.3) is 0 Å². The van der Waals surface area contributed by atoms with E-state index in [4.69, 9.17) is 0 Å². The fraction of sp³-hybridized carbons (Fsp3) is 0.316. The van der Waals surface area contributed by atoms with Crippen LogP contribution in [-0.4, -0.2) is 38.6 Å². The number of rotatable bonds is 3. The number of carbonyl (C=O) groups is 1. The van der Waals surface area contributed by atoms with E-state index in [1.54, 1.807) is 0 Å². The van der Waals surface area contributed by atoms with Gasteiger partial charge in [0.1, 0.15) is 0 Å². The van der Waals surface area contributed by atoms with E-state index < -0.39 is 0 Å². The zero-order valence-electron chi connectivity index (χ0n) is 14.3. The second kappa shape index (κ2) is 6.55. The van der Waals surface area contributed by atoms with Crippen LogP contribution in [0.4, 0.5) is 4.79 Å². The summed E-state index contributed by atoms with van der Waals surface area (Å²) in [5.41, 5.74) is 5.29. The number of aromatic nitrogens is 3. The molecule has 6 heteroatoms. The molecule has 0 bridgehead atoms. The Morgan fingerprint density at radius 1 is 1.28 bits per heavy atom. The molecule has 2 aromatic heterocycles. The van der Waals surface area contributed by atoms with Crippen molar-refractivity contribution in [2.75, 3.05) is 13.1 Å². The highest BCUT2D eigenvalue weighted by atomic mass is 16.2. The molecule has 4 rings (SSSR count). The van der Waals surface area contributed by atoms with Gasteiger partial charge in [-0.25, -0.2) is 14.3 Å². The van der Waals surface area contributed by atoms with Crippen molar-refractivity contribution in [1.82, 2.24) is 24.8 Å². The van der Waals surface area contributed by atoms with Crippen LogP contribution in [0.1, 0.15) is 22.5 Å². The lowest BCUT2D eigenvalue weighted by Crippen LogP contribution is -2.43. The van der Waals surface area contributed by atoms with Gasteiger partial charge < -0.3 is 10.2 Å². The van der Waals surface area contributed by atoms with Gasteiger partial charge in [0.2, 0.25) is 0 Å². The van der Waals surface area contributed by atoms with E-state index in [-0.39, 0.29) is 6.03 Å². The first-order chi connectivity index (χ1) is 12.2. The highest BCUT2D eigenvalue weighted by Gasteiger charge is 2.23. The molecule has 6 nitrogen and oxygen atoms in total. The van der Waals surface area contributed by atoms with Crippen LogP contribution in [0.2, 0.25) is 0 Å². The Bertz CT molecular complexity index is 903. The Labute approximate surface area is 146 Å². The van der Waals surface area contributed by atoms with Gasteiger partial charge >= 0.3 is 6.03 Å².